The first-order valence-corrected chi connectivity index (χ1v) is 8.40. The van der Waals surface area contributed by atoms with E-state index in [0.29, 0.717) is 24.1 Å². The number of guanidine groups is 1. The van der Waals surface area contributed by atoms with Crippen LogP contribution in [0.4, 0.5) is 0 Å². The summed E-state index contributed by atoms with van der Waals surface area (Å²) in [5.41, 5.74) is 2.08. The van der Waals surface area contributed by atoms with Crippen molar-refractivity contribution >= 4 is 41.5 Å². The van der Waals surface area contributed by atoms with Crippen molar-refractivity contribution in [2.24, 2.45) is 4.99 Å². The van der Waals surface area contributed by atoms with Crippen LogP contribution in [-0.4, -0.2) is 33.8 Å². The fourth-order valence-electron chi connectivity index (χ4n) is 2.48. The van der Waals surface area contributed by atoms with Crippen molar-refractivity contribution in [2.45, 2.75) is 12.6 Å². The molecular weight excluding hydrogens is 465 g/mol. The maximum absolute atomic E-state index is 6.06. The Balaban J connectivity index is 0.00000338. The van der Waals surface area contributed by atoms with Crippen LogP contribution in [0.1, 0.15) is 17.2 Å². The van der Waals surface area contributed by atoms with Crippen LogP contribution in [0.5, 0.6) is 5.75 Å². The van der Waals surface area contributed by atoms with E-state index in [1.54, 1.807) is 21.3 Å². The minimum absolute atomic E-state index is 0. The zero-order valence-electron chi connectivity index (χ0n) is 15.2. The van der Waals surface area contributed by atoms with E-state index in [1.807, 2.05) is 48.5 Å². The minimum Gasteiger partial charge on any atom is -0.496 e. The van der Waals surface area contributed by atoms with Crippen LogP contribution in [0.15, 0.2) is 53.5 Å². The molecule has 26 heavy (non-hydrogen) atoms. The predicted octanol–water partition coefficient (Wildman–Crippen LogP) is 4.02. The van der Waals surface area contributed by atoms with Crippen LogP contribution in [-0.2, 0) is 11.3 Å². The lowest BCUT2D eigenvalue weighted by Gasteiger charge is -2.19. The summed E-state index contributed by atoms with van der Waals surface area (Å²) in [5, 5.41) is 7.25. The summed E-state index contributed by atoms with van der Waals surface area (Å²) in [5.74, 6) is 1.54. The van der Waals surface area contributed by atoms with Crippen LogP contribution >= 0.6 is 35.6 Å². The van der Waals surface area contributed by atoms with E-state index >= 15 is 0 Å². The Morgan fingerprint density at radius 3 is 2.54 bits per heavy atom. The first kappa shape index (κ1) is 22.5. The molecule has 0 saturated carbocycles. The molecule has 2 aromatic rings. The van der Waals surface area contributed by atoms with Crippen LogP contribution in [0, 0.1) is 0 Å². The molecule has 1 unspecified atom stereocenters. The molecule has 0 aromatic heterocycles. The number of para-hydroxylation sites is 1. The number of ether oxygens (including phenoxy) is 2. The van der Waals surface area contributed by atoms with E-state index in [4.69, 9.17) is 21.1 Å². The predicted molar refractivity (Wildman–Crippen MR) is 118 cm³/mol. The average molecular weight is 490 g/mol. The number of hydrogen-bond donors (Lipinski definition) is 2. The number of halogens is 2. The first-order valence-electron chi connectivity index (χ1n) is 8.02. The lowest BCUT2D eigenvalue weighted by atomic mass is 10.1. The monoisotopic (exact) mass is 489 g/mol. The van der Waals surface area contributed by atoms with Gasteiger partial charge in [0.05, 0.1) is 13.2 Å². The highest BCUT2D eigenvalue weighted by Gasteiger charge is 2.12. The molecule has 5 nitrogen and oxygen atoms in total. The molecule has 2 aromatic carbocycles. The number of benzene rings is 2. The van der Waals surface area contributed by atoms with Crippen molar-refractivity contribution in [2.75, 3.05) is 27.8 Å². The number of nitrogens with one attached hydrogen (secondary N) is 2. The quantitative estimate of drug-likeness (QED) is 0.350. The third kappa shape index (κ3) is 6.66. The van der Waals surface area contributed by atoms with Crippen molar-refractivity contribution in [3.8, 4) is 5.75 Å². The van der Waals surface area contributed by atoms with Crippen LogP contribution in [0.3, 0.4) is 0 Å². The molecule has 0 amide bonds. The van der Waals surface area contributed by atoms with Gasteiger partial charge in [-0.3, -0.25) is 4.99 Å². The maximum atomic E-state index is 6.06. The zero-order valence-corrected chi connectivity index (χ0v) is 18.2. The fraction of sp³-hybridized carbons (Fsp3) is 0.316. The Bertz CT molecular complexity index is 713. The molecular formula is C19H25ClIN3O2. The zero-order chi connectivity index (χ0) is 18.1. The van der Waals surface area contributed by atoms with E-state index in [0.717, 1.165) is 16.9 Å². The normalized spacial score (nSPS) is 12.1. The number of methoxy groups -OCH3 is 2. The summed E-state index contributed by atoms with van der Waals surface area (Å²) >= 11 is 6.06. The van der Waals surface area contributed by atoms with E-state index in [9.17, 15) is 0 Å². The van der Waals surface area contributed by atoms with Crippen LogP contribution < -0.4 is 15.4 Å². The van der Waals surface area contributed by atoms with Gasteiger partial charge < -0.3 is 20.1 Å². The molecule has 0 spiro atoms. The highest BCUT2D eigenvalue weighted by atomic mass is 127. The van der Waals surface area contributed by atoms with Crippen LogP contribution in [0.25, 0.3) is 0 Å². The molecule has 0 aliphatic rings. The number of rotatable bonds is 7. The van der Waals surface area contributed by atoms with Gasteiger partial charge in [-0.1, -0.05) is 41.9 Å². The second-order valence-electron chi connectivity index (χ2n) is 5.40. The largest absolute Gasteiger partial charge is 0.496 e. The molecule has 1 atom stereocenters. The Hall–Kier alpha value is -1.51. The third-order valence-corrected chi connectivity index (χ3v) is 4.06. The highest BCUT2D eigenvalue weighted by molar-refractivity contribution is 14.0. The van der Waals surface area contributed by atoms with Crippen molar-refractivity contribution in [1.29, 1.82) is 0 Å². The molecule has 0 radical (unpaired) electrons. The molecule has 2 N–H and O–H groups in total. The van der Waals surface area contributed by atoms with Gasteiger partial charge in [-0.05, 0) is 23.8 Å². The van der Waals surface area contributed by atoms with Gasteiger partial charge in [0.25, 0.3) is 0 Å². The fourth-order valence-corrected chi connectivity index (χ4v) is 2.68. The van der Waals surface area contributed by atoms with E-state index in [1.165, 1.54) is 0 Å². The van der Waals surface area contributed by atoms with Gasteiger partial charge in [0.2, 0.25) is 0 Å². The Morgan fingerprint density at radius 2 is 1.88 bits per heavy atom. The SMILES string of the molecule is CN=C(NCc1ccccc1OC)NCC(OC)c1cccc(Cl)c1.I. The summed E-state index contributed by atoms with van der Waals surface area (Å²) < 4.78 is 10.9. The standard InChI is InChI=1S/C19H24ClN3O2.HI/c1-21-19(22-12-15-7-4-5-10-17(15)24-2)23-13-18(25-3)14-8-6-9-16(20)11-14;/h4-11,18H,12-13H2,1-3H3,(H2,21,22,23);1H. The maximum Gasteiger partial charge on any atom is 0.191 e. The lowest BCUT2D eigenvalue weighted by Crippen LogP contribution is -2.39. The Kier molecular flexibility index (Phi) is 10.4. The second kappa shape index (κ2) is 12.0. The summed E-state index contributed by atoms with van der Waals surface area (Å²) in [6, 6.07) is 15.5. The third-order valence-electron chi connectivity index (χ3n) is 3.82. The Morgan fingerprint density at radius 1 is 1.12 bits per heavy atom. The molecule has 0 fully saturated rings. The summed E-state index contributed by atoms with van der Waals surface area (Å²) in [4.78, 5) is 4.25. The van der Waals surface area contributed by atoms with Gasteiger partial charge >= 0.3 is 0 Å². The highest BCUT2D eigenvalue weighted by Crippen LogP contribution is 2.20. The molecule has 2 rings (SSSR count). The van der Waals surface area contributed by atoms with E-state index < -0.39 is 0 Å². The van der Waals surface area contributed by atoms with Crippen molar-refractivity contribution < 1.29 is 9.47 Å². The van der Waals surface area contributed by atoms with Gasteiger partial charge in [0, 0.05) is 37.8 Å². The molecule has 0 aliphatic heterocycles. The lowest BCUT2D eigenvalue weighted by molar-refractivity contribution is 0.106. The molecule has 0 saturated heterocycles. The summed E-state index contributed by atoms with van der Waals surface area (Å²) in [6.07, 6.45) is -0.122. The van der Waals surface area contributed by atoms with E-state index in [2.05, 4.69) is 15.6 Å². The van der Waals surface area contributed by atoms with Crippen LogP contribution in [0.2, 0.25) is 5.02 Å². The first-order chi connectivity index (χ1) is 12.2. The molecule has 142 valence electrons. The summed E-state index contributed by atoms with van der Waals surface area (Å²) in [6.45, 7) is 1.18. The summed E-state index contributed by atoms with van der Waals surface area (Å²) in [7, 11) is 5.08. The van der Waals surface area contributed by atoms with Gasteiger partial charge in [-0.2, -0.15) is 0 Å². The second-order valence-corrected chi connectivity index (χ2v) is 5.83. The van der Waals surface area contributed by atoms with Crippen molar-refractivity contribution in [1.82, 2.24) is 10.6 Å². The van der Waals surface area contributed by atoms with Crippen molar-refractivity contribution in [3.63, 3.8) is 0 Å². The van der Waals surface area contributed by atoms with Crippen molar-refractivity contribution in [3.05, 3.63) is 64.7 Å². The van der Waals surface area contributed by atoms with Gasteiger partial charge in [0.15, 0.2) is 5.96 Å². The molecule has 7 heteroatoms. The molecule has 0 aliphatic carbocycles. The Labute approximate surface area is 177 Å². The molecule has 0 bridgehead atoms. The topological polar surface area (TPSA) is 54.9 Å². The van der Waals surface area contributed by atoms with Gasteiger partial charge in [-0.15, -0.1) is 24.0 Å². The number of aliphatic imine (C=N–C) groups is 1. The number of nitrogens with zero attached hydrogens (tertiary/aromatic N) is 1. The average Bonchev–Trinajstić information content (AvgIpc) is 2.65. The van der Waals surface area contributed by atoms with Gasteiger partial charge in [-0.25, -0.2) is 0 Å². The minimum atomic E-state index is -0.122. The number of hydrogen-bond acceptors (Lipinski definition) is 3. The van der Waals surface area contributed by atoms with E-state index in [-0.39, 0.29) is 30.1 Å². The smallest absolute Gasteiger partial charge is 0.191 e. The van der Waals surface area contributed by atoms with Gasteiger partial charge in [0.1, 0.15) is 5.75 Å². The molecule has 0 heterocycles.